The molecule has 0 aliphatic rings. The molecule has 0 aliphatic heterocycles. The molecule has 2 aromatic carbocycles. The van der Waals surface area contributed by atoms with E-state index >= 15 is 0 Å². The summed E-state index contributed by atoms with van der Waals surface area (Å²) in [6.07, 6.45) is 1.62. The molecule has 0 fully saturated rings. The van der Waals surface area contributed by atoms with E-state index in [0.717, 1.165) is 17.6 Å². The highest BCUT2D eigenvalue weighted by Crippen LogP contribution is 2.32. The van der Waals surface area contributed by atoms with Gasteiger partial charge in [-0.1, -0.05) is 54.6 Å². The monoisotopic (exact) mass is 452 g/mol. The van der Waals surface area contributed by atoms with Crippen molar-refractivity contribution in [2.75, 3.05) is 13.1 Å². The van der Waals surface area contributed by atoms with Crippen LogP contribution in [0.5, 0.6) is 0 Å². The van der Waals surface area contributed by atoms with Crippen molar-refractivity contribution in [1.82, 2.24) is 10.3 Å². The first-order chi connectivity index (χ1) is 15.5. The standard InChI is InChI=1S/C22H22N2OS.C2H2O4/c25-21(16-7-2-1-3-8-16)15-23-13-19(22-11-6-12-26-22)18-14-24-20-10-5-4-9-17(18)20;3-1(4)2(5)6/h1-12,14,19,21,23-25H,13,15H2;(H,3,4)(H,5,6). The average molecular weight is 453 g/mol. The lowest BCUT2D eigenvalue weighted by Crippen LogP contribution is -2.26. The number of nitrogens with one attached hydrogen (secondary N) is 2. The van der Waals surface area contributed by atoms with Crippen molar-refractivity contribution in [3.8, 4) is 0 Å². The highest BCUT2D eigenvalue weighted by molar-refractivity contribution is 7.10. The van der Waals surface area contributed by atoms with E-state index in [2.05, 4.69) is 58.3 Å². The van der Waals surface area contributed by atoms with Gasteiger partial charge in [0.2, 0.25) is 0 Å². The van der Waals surface area contributed by atoms with E-state index < -0.39 is 18.0 Å². The number of hydrogen-bond acceptors (Lipinski definition) is 5. The maximum absolute atomic E-state index is 10.4. The van der Waals surface area contributed by atoms with Gasteiger partial charge in [0.1, 0.15) is 0 Å². The van der Waals surface area contributed by atoms with Gasteiger partial charge in [-0.15, -0.1) is 11.3 Å². The van der Waals surface area contributed by atoms with Gasteiger partial charge in [-0.3, -0.25) is 0 Å². The SMILES string of the molecule is O=C(O)C(=O)O.OC(CNCC(c1cccs1)c1c[nH]c2ccccc12)c1ccccc1. The molecule has 166 valence electrons. The maximum atomic E-state index is 10.4. The second kappa shape index (κ2) is 11.2. The van der Waals surface area contributed by atoms with Crippen LogP contribution in [0.4, 0.5) is 0 Å². The number of carboxylic acid groups (broad SMARTS) is 2. The molecular weight excluding hydrogens is 428 g/mol. The lowest BCUT2D eigenvalue weighted by Gasteiger charge is -2.18. The number of para-hydroxylation sites is 1. The number of hydrogen-bond donors (Lipinski definition) is 5. The van der Waals surface area contributed by atoms with Crippen LogP contribution in [-0.4, -0.2) is 45.3 Å². The molecule has 0 radical (unpaired) electrons. The number of H-pyrrole nitrogens is 1. The maximum Gasteiger partial charge on any atom is 0.414 e. The lowest BCUT2D eigenvalue weighted by atomic mass is 9.96. The number of aliphatic carboxylic acids is 2. The highest BCUT2D eigenvalue weighted by Gasteiger charge is 2.19. The third-order valence-electron chi connectivity index (χ3n) is 4.94. The molecule has 0 spiro atoms. The number of aromatic nitrogens is 1. The van der Waals surface area contributed by atoms with Gasteiger partial charge in [0, 0.05) is 41.0 Å². The van der Waals surface area contributed by atoms with Crippen LogP contribution in [0.15, 0.2) is 78.3 Å². The molecule has 2 unspecified atom stereocenters. The number of carbonyl (C=O) groups is 2. The predicted octanol–water partition coefficient (Wildman–Crippen LogP) is 3.84. The first kappa shape index (κ1) is 23.2. The minimum absolute atomic E-state index is 0.258. The molecule has 32 heavy (non-hydrogen) atoms. The fourth-order valence-electron chi connectivity index (χ4n) is 3.39. The Kier molecular flexibility index (Phi) is 8.15. The number of fused-ring (bicyclic) bond motifs is 1. The second-order valence-electron chi connectivity index (χ2n) is 7.05. The van der Waals surface area contributed by atoms with Gasteiger partial charge in [0.25, 0.3) is 0 Å². The number of rotatable bonds is 7. The molecule has 8 heteroatoms. The number of aliphatic hydroxyl groups is 1. The van der Waals surface area contributed by atoms with Gasteiger partial charge in [-0.05, 0) is 28.6 Å². The van der Waals surface area contributed by atoms with Crippen molar-refractivity contribution in [3.05, 3.63) is 94.3 Å². The zero-order valence-electron chi connectivity index (χ0n) is 17.1. The van der Waals surface area contributed by atoms with Crippen molar-refractivity contribution in [2.24, 2.45) is 0 Å². The van der Waals surface area contributed by atoms with Gasteiger partial charge >= 0.3 is 11.9 Å². The zero-order valence-corrected chi connectivity index (χ0v) is 18.0. The Morgan fingerprint density at radius 1 is 0.906 bits per heavy atom. The fraction of sp³-hybridized carbons (Fsp3) is 0.167. The molecule has 4 aromatic rings. The van der Waals surface area contributed by atoms with E-state index in [9.17, 15) is 5.11 Å². The fourth-order valence-corrected chi connectivity index (χ4v) is 4.24. The van der Waals surface area contributed by atoms with Gasteiger partial charge < -0.3 is 25.6 Å². The summed E-state index contributed by atoms with van der Waals surface area (Å²) < 4.78 is 0. The van der Waals surface area contributed by atoms with Gasteiger partial charge in [0.05, 0.1) is 6.10 Å². The van der Waals surface area contributed by atoms with Crippen LogP contribution in [-0.2, 0) is 9.59 Å². The minimum Gasteiger partial charge on any atom is -0.473 e. The molecular formula is C24H24N2O5S. The normalized spacial score (nSPS) is 12.5. The van der Waals surface area contributed by atoms with Crippen molar-refractivity contribution >= 4 is 34.2 Å². The number of carboxylic acids is 2. The van der Waals surface area contributed by atoms with E-state index in [1.54, 1.807) is 11.3 Å². The third-order valence-corrected chi connectivity index (χ3v) is 5.92. The molecule has 5 N–H and O–H groups in total. The van der Waals surface area contributed by atoms with Crippen molar-refractivity contribution in [2.45, 2.75) is 12.0 Å². The van der Waals surface area contributed by atoms with Crippen molar-refractivity contribution in [3.63, 3.8) is 0 Å². The van der Waals surface area contributed by atoms with Crippen LogP contribution in [0.1, 0.15) is 28.0 Å². The van der Waals surface area contributed by atoms with Gasteiger partial charge in [-0.2, -0.15) is 0 Å². The Morgan fingerprint density at radius 2 is 1.59 bits per heavy atom. The van der Waals surface area contributed by atoms with Crippen molar-refractivity contribution < 1.29 is 24.9 Å². The largest absolute Gasteiger partial charge is 0.473 e. The minimum atomic E-state index is -1.82. The summed E-state index contributed by atoms with van der Waals surface area (Å²) in [6, 6.07) is 22.5. The quantitative estimate of drug-likeness (QED) is 0.272. The summed E-state index contributed by atoms with van der Waals surface area (Å²) in [5, 5.41) is 32.0. The Hall–Kier alpha value is -3.46. The van der Waals surface area contributed by atoms with Gasteiger partial charge in [0.15, 0.2) is 0 Å². The predicted molar refractivity (Wildman–Crippen MR) is 124 cm³/mol. The van der Waals surface area contributed by atoms with Crippen LogP contribution < -0.4 is 5.32 Å². The molecule has 0 amide bonds. The smallest absolute Gasteiger partial charge is 0.414 e. The first-order valence-corrected chi connectivity index (χ1v) is 10.8. The number of aromatic amines is 1. The molecule has 2 atom stereocenters. The summed E-state index contributed by atoms with van der Waals surface area (Å²) in [7, 11) is 0. The molecule has 2 heterocycles. The number of aliphatic hydroxyl groups excluding tert-OH is 1. The van der Waals surface area contributed by atoms with E-state index in [4.69, 9.17) is 19.8 Å². The van der Waals surface area contributed by atoms with Crippen LogP contribution in [0.25, 0.3) is 10.9 Å². The lowest BCUT2D eigenvalue weighted by molar-refractivity contribution is -0.159. The van der Waals surface area contributed by atoms with Crippen LogP contribution in [0, 0.1) is 0 Å². The van der Waals surface area contributed by atoms with Crippen molar-refractivity contribution in [1.29, 1.82) is 0 Å². The summed E-state index contributed by atoms with van der Waals surface area (Å²) in [4.78, 5) is 22.9. The number of benzene rings is 2. The Morgan fingerprint density at radius 3 is 2.25 bits per heavy atom. The molecule has 7 nitrogen and oxygen atoms in total. The van der Waals surface area contributed by atoms with Gasteiger partial charge in [-0.25, -0.2) is 9.59 Å². The first-order valence-electron chi connectivity index (χ1n) is 9.96. The molecule has 0 saturated carbocycles. The van der Waals surface area contributed by atoms with E-state index in [1.807, 2.05) is 30.3 Å². The third kappa shape index (κ3) is 6.04. The summed E-state index contributed by atoms with van der Waals surface area (Å²) in [5.74, 6) is -3.39. The molecule has 2 aromatic heterocycles. The second-order valence-corrected chi connectivity index (χ2v) is 8.03. The topological polar surface area (TPSA) is 123 Å². The van der Waals surface area contributed by atoms with E-state index in [-0.39, 0.29) is 5.92 Å². The van der Waals surface area contributed by atoms with Crippen LogP contribution in [0.2, 0.25) is 0 Å². The van der Waals surface area contributed by atoms with Crippen LogP contribution >= 0.6 is 11.3 Å². The Bertz CT molecular complexity index is 1130. The summed E-state index contributed by atoms with van der Waals surface area (Å²) in [6.45, 7) is 1.32. The van der Waals surface area contributed by atoms with Crippen LogP contribution in [0.3, 0.4) is 0 Å². The molecule has 0 bridgehead atoms. The highest BCUT2D eigenvalue weighted by atomic mass is 32.1. The number of thiophene rings is 1. The molecule has 0 saturated heterocycles. The van der Waals surface area contributed by atoms with E-state index in [0.29, 0.717) is 6.54 Å². The summed E-state index contributed by atoms with van der Waals surface area (Å²) in [5.41, 5.74) is 3.40. The molecule has 4 rings (SSSR count). The molecule has 0 aliphatic carbocycles. The van der Waals surface area contributed by atoms with E-state index in [1.165, 1.54) is 15.8 Å². The summed E-state index contributed by atoms with van der Waals surface area (Å²) >= 11 is 1.78. The zero-order chi connectivity index (χ0) is 22.9. The average Bonchev–Trinajstić information content (AvgIpc) is 3.48. The Balaban J connectivity index is 0.000000427. The Labute approximate surface area is 189 Å².